The molecule has 0 aromatic heterocycles. The van der Waals surface area contributed by atoms with Crippen molar-refractivity contribution in [1.82, 2.24) is 5.32 Å². The minimum absolute atomic E-state index is 0.00143. The fraction of sp³-hybridized carbons (Fsp3) is 0.731. The number of carbonyl (C=O) groups is 1. The highest BCUT2D eigenvalue weighted by Gasteiger charge is 2.65. The monoisotopic (exact) mass is 412 g/mol. The summed E-state index contributed by atoms with van der Waals surface area (Å²) in [6, 6.07) is 11.1. The molecule has 1 aromatic carbocycles. The zero-order chi connectivity index (χ0) is 20.8. The molecule has 30 heavy (non-hydrogen) atoms. The quantitative estimate of drug-likeness (QED) is 0.699. The number of alkyl halides is 1. The first-order valence-corrected chi connectivity index (χ1v) is 12.1. The molecule has 4 atom stereocenters. The van der Waals surface area contributed by atoms with Crippen molar-refractivity contribution < 1.29 is 9.18 Å². The lowest BCUT2D eigenvalue weighted by atomic mass is 9.38. The summed E-state index contributed by atoms with van der Waals surface area (Å²) >= 11 is 0. The molecule has 3 N–H and O–H groups in total. The van der Waals surface area contributed by atoms with E-state index < -0.39 is 0 Å². The lowest BCUT2D eigenvalue weighted by Gasteiger charge is -2.66. The van der Waals surface area contributed by atoms with Crippen LogP contribution < -0.4 is 11.1 Å². The molecule has 4 heteroatoms. The zero-order valence-corrected chi connectivity index (χ0v) is 18.2. The van der Waals surface area contributed by atoms with Gasteiger partial charge in [0.25, 0.3) is 0 Å². The molecule has 0 radical (unpaired) electrons. The van der Waals surface area contributed by atoms with Crippen LogP contribution >= 0.6 is 0 Å². The summed E-state index contributed by atoms with van der Waals surface area (Å²) in [5.74, 6) is 1.44. The smallest absolute Gasteiger partial charge is 0.226 e. The number of carbonyl (C=O) groups excluding carboxylic acids is 1. The molecule has 0 spiro atoms. The van der Waals surface area contributed by atoms with Crippen molar-refractivity contribution in [2.75, 3.05) is 13.2 Å². The molecule has 3 nitrogen and oxygen atoms in total. The third kappa shape index (κ3) is 3.39. The number of hydrogen-bond acceptors (Lipinski definition) is 2. The number of nitrogens with two attached hydrogens (primary N) is 1. The van der Waals surface area contributed by atoms with Gasteiger partial charge in [0.2, 0.25) is 5.91 Å². The molecule has 164 valence electrons. The summed E-state index contributed by atoms with van der Waals surface area (Å²) in [6.07, 6.45) is 11.1. The Bertz CT molecular complexity index is 776. The highest BCUT2D eigenvalue weighted by Crippen LogP contribution is 2.71. The van der Waals surface area contributed by atoms with Gasteiger partial charge in [-0.25, -0.2) is 0 Å². The molecule has 1 amide bonds. The molecule has 1 aromatic rings. The van der Waals surface area contributed by atoms with E-state index in [9.17, 15) is 9.18 Å². The number of amides is 1. The number of rotatable bonds is 6. The van der Waals surface area contributed by atoms with Gasteiger partial charge in [-0.2, -0.15) is 0 Å². The van der Waals surface area contributed by atoms with Crippen LogP contribution in [-0.2, 0) is 10.2 Å². The molecular weight excluding hydrogens is 375 g/mol. The minimum Gasteiger partial charge on any atom is -0.353 e. The molecule has 0 saturated heterocycles. The fourth-order valence-electron chi connectivity index (χ4n) is 8.37. The van der Waals surface area contributed by atoms with Crippen LogP contribution in [0.3, 0.4) is 0 Å². The van der Waals surface area contributed by atoms with Crippen LogP contribution in [0, 0.1) is 22.7 Å². The van der Waals surface area contributed by atoms with E-state index >= 15 is 0 Å². The third-order valence-electron chi connectivity index (χ3n) is 9.19. The van der Waals surface area contributed by atoms with Gasteiger partial charge in [0.15, 0.2) is 0 Å². The summed E-state index contributed by atoms with van der Waals surface area (Å²) in [4.78, 5) is 13.8. The van der Waals surface area contributed by atoms with Crippen LogP contribution in [0.4, 0.5) is 4.39 Å². The molecule has 0 heterocycles. The van der Waals surface area contributed by atoms with Gasteiger partial charge in [0.1, 0.15) is 0 Å². The Labute approximate surface area is 180 Å². The van der Waals surface area contributed by atoms with E-state index in [1.54, 1.807) is 0 Å². The molecule has 0 aliphatic heterocycles. The topological polar surface area (TPSA) is 55.1 Å². The second-order valence-electron chi connectivity index (χ2n) is 11.3. The minimum atomic E-state index is -0.310. The lowest BCUT2D eigenvalue weighted by molar-refractivity contribution is -0.165. The number of benzene rings is 1. The molecule has 5 saturated carbocycles. The number of nitrogens with one attached hydrogen (secondary N) is 1. The highest BCUT2D eigenvalue weighted by atomic mass is 19.1. The van der Waals surface area contributed by atoms with Crippen molar-refractivity contribution in [3.63, 3.8) is 0 Å². The molecule has 5 aliphatic rings. The van der Waals surface area contributed by atoms with Gasteiger partial charge in [-0.3, -0.25) is 9.18 Å². The number of halogens is 1. The highest BCUT2D eigenvalue weighted by molar-refractivity contribution is 5.84. The Balaban J connectivity index is 1.42. The largest absolute Gasteiger partial charge is 0.353 e. The van der Waals surface area contributed by atoms with Crippen LogP contribution in [-0.4, -0.2) is 25.2 Å². The molecule has 4 bridgehead atoms. The molecule has 6 rings (SSSR count). The van der Waals surface area contributed by atoms with E-state index in [1.807, 2.05) is 0 Å². The average Bonchev–Trinajstić information content (AvgIpc) is 2.74. The second kappa shape index (κ2) is 7.62. The maximum absolute atomic E-state index is 13.8. The first kappa shape index (κ1) is 20.5. The van der Waals surface area contributed by atoms with Gasteiger partial charge < -0.3 is 11.1 Å². The Morgan fingerprint density at radius 1 is 1.03 bits per heavy atom. The summed E-state index contributed by atoms with van der Waals surface area (Å²) in [6.45, 7) is 0.496. The van der Waals surface area contributed by atoms with Crippen molar-refractivity contribution in [1.29, 1.82) is 0 Å². The number of hydrogen-bond donors (Lipinski definition) is 2. The van der Waals surface area contributed by atoms with Crippen molar-refractivity contribution in [2.24, 2.45) is 28.4 Å². The molecule has 5 fully saturated rings. The Hall–Kier alpha value is -1.42. The molecular formula is C26H37FN2O. The lowest BCUT2D eigenvalue weighted by Crippen LogP contribution is -2.63. The molecule has 2 unspecified atom stereocenters. The van der Waals surface area contributed by atoms with Gasteiger partial charge in [-0.1, -0.05) is 30.3 Å². The standard InChI is InChI=1S/C26H37FN2O/c27-11-10-24-12-20-13-25(16-24,21-4-2-1-3-5-21)18-26(14-20,17-24)23(30)29-22-8-6-19(15-28)7-9-22/h1-5,19-20,22H,6-18,28H2,(H,29,30)/t19-,20?,22-,24-,25-,26?/m1/s1. The van der Waals surface area contributed by atoms with Crippen LogP contribution in [0.15, 0.2) is 30.3 Å². The van der Waals surface area contributed by atoms with Crippen LogP contribution in [0.1, 0.15) is 76.2 Å². The summed E-state index contributed by atoms with van der Waals surface area (Å²) in [7, 11) is 0. The van der Waals surface area contributed by atoms with E-state index in [2.05, 4.69) is 35.6 Å². The van der Waals surface area contributed by atoms with Crippen molar-refractivity contribution in [3.8, 4) is 0 Å². The summed E-state index contributed by atoms with van der Waals surface area (Å²) in [5.41, 5.74) is 6.95. The first-order chi connectivity index (χ1) is 14.5. The van der Waals surface area contributed by atoms with Gasteiger partial charge in [0.05, 0.1) is 12.1 Å². The van der Waals surface area contributed by atoms with E-state index in [-0.39, 0.29) is 34.9 Å². The van der Waals surface area contributed by atoms with Gasteiger partial charge in [-0.15, -0.1) is 0 Å². The summed E-state index contributed by atoms with van der Waals surface area (Å²) in [5, 5.41) is 3.48. The second-order valence-corrected chi connectivity index (χ2v) is 11.3. The van der Waals surface area contributed by atoms with Gasteiger partial charge in [0, 0.05) is 6.04 Å². The first-order valence-electron chi connectivity index (χ1n) is 12.1. The predicted octanol–water partition coefficient (Wildman–Crippen LogP) is 4.89. The Kier molecular flexibility index (Phi) is 5.20. The van der Waals surface area contributed by atoms with E-state index in [0.29, 0.717) is 18.3 Å². The fourth-order valence-corrected chi connectivity index (χ4v) is 8.37. The van der Waals surface area contributed by atoms with Crippen molar-refractivity contribution in [3.05, 3.63) is 35.9 Å². The Morgan fingerprint density at radius 3 is 2.50 bits per heavy atom. The predicted molar refractivity (Wildman–Crippen MR) is 118 cm³/mol. The van der Waals surface area contributed by atoms with Gasteiger partial charge >= 0.3 is 0 Å². The average molecular weight is 413 g/mol. The van der Waals surface area contributed by atoms with E-state index in [4.69, 9.17) is 5.73 Å². The van der Waals surface area contributed by atoms with Crippen LogP contribution in [0.5, 0.6) is 0 Å². The third-order valence-corrected chi connectivity index (χ3v) is 9.19. The maximum atomic E-state index is 13.8. The van der Waals surface area contributed by atoms with E-state index in [0.717, 1.165) is 64.3 Å². The van der Waals surface area contributed by atoms with E-state index in [1.165, 1.54) is 12.0 Å². The Morgan fingerprint density at radius 2 is 1.80 bits per heavy atom. The van der Waals surface area contributed by atoms with Crippen molar-refractivity contribution >= 4 is 5.91 Å². The SMILES string of the molecule is NC[C@H]1CC[C@H](NC(=O)C23CC4C[C@@](CCF)(C2)C[C@](c2ccccc2)(C4)C3)CC1. The normalized spacial score (nSPS) is 42.3. The van der Waals surface area contributed by atoms with Gasteiger partial charge in [-0.05, 0) is 105 Å². The zero-order valence-electron chi connectivity index (χ0n) is 18.2. The van der Waals surface area contributed by atoms with Crippen molar-refractivity contribution in [2.45, 2.75) is 82.1 Å². The van der Waals surface area contributed by atoms with Crippen LogP contribution in [0.25, 0.3) is 0 Å². The maximum Gasteiger partial charge on any atom is 0.226 e. The van der Waals surface area contributed by atoms with Crippen LogP contribution in [0.2, 0.25) is 0 Å². The molecule has 5 aliphatic carbocycles. The summed E-state index contributed by atoms with van der Waals surface area (Å²) < 4.78 is 13.7.